The fraction of sp³-hybridized carbons (Fsp3) is 0.333. The largest absolute Gasteiger partial charge is 0.471 e. The number of carbonyl (C=O) groups is 1. The van der Waals surface area contributed by atoms with E-state index in [1.54, 1.807) is 24.3 Å². The van der Waals surface area contributed by atoms with Crippen molar-refractivity contribution in [2.24, 2.45) is 5.73 Å². The minimum Gasteiger partial charge on any atom is -0.471 e. The molecule has 1 aliphatic rings. The molecule has 2 unspecified atom stereocenters. The maximum absolute atomic E-state index is 11.9. The number of hydrogen-bond acceptors (Lipinski definition) is 5. The fourth-order valence-corrected chi connectivity index (χ4v) is 3.41. The van der Waals surface area contributed by atoms with Crippen LogP contribution < -0.4 is 5.73 Å². The molecule has 1 amide bonds. The van der Waals surface area contributed by atoms with E-state index >= 15 is 0 Å². The minimum atomic E-state index is -3.88. The van der Waals surface area contributed by atoms with Crippen LogP contribution in [0.5, 0.6) is 0 Å². The van der Waals surface area contributed by atoms with E-state index in [0.717, 1.165) is 6.26 Å². The number of benzene rings is 1. The van der Waals surface area contributed by atoms with Crippen LogP contribution in [0.25, 0.3) is 0 Å². The molecule has 1 aliphatic heterocycles. The van der Waals surface area contributed by atoms with Crippen molar-refractivity contribution in [3.63, 3.8) is 0 Å². The Hall–Kier alpha value is -1.89. The second-order valence-electron chi connectivity index (χ2n) is 4.51. The molecule has 0 bridgehead atoms. The van der Waals surface area contributed by atoms with Crippen LogP contribution in [0.4, 0.5) is 0 Å². The van der Waals surface area contributed by atoms with Gasteiger partial charge in [0.2, 0.25) is 16.6 Å². The Balaban J connectivity index is 2.46. The first kappa shape index (κ1) is 13.5. The van der Waals surface area contributed by atoms with Gasteiger partial charge in [0.05, 0.1) is 0 Å². The van der Waals surface area contributed by atoms with Crippen molar-refractivity contribution in [1.29, 1.82) is 5.41 Å². The second kappa shape index (κ2) is 4.34. The van der Waals surface area contributed by atoms with Gasteiger partial charge >= 0.3 is 0 Å². The van der Waals surface area contributed by atoms with Gasteiger partial charge in [-0.1, -0.05) is 30.3 Å². The number of ether oxygens (including phenoxy) is 1. The first-order valence-electron chi connectivity index (χ1n) is 5.59. The molecule has 7 heteroatoms. The summed E-state index contributed by atoms with van der Waals surface area (Å²) in [6.45, 7) is 0. The van der Waals surface area contributed by atoms with Crippen molar-refractivity contribution in [2.45, 2.75) is 17.3 Å². The average molecular weight is 282 g/mol. The molecule has 6 nitrogen and oxygen atoms in total. The Bertz CT molecular complexity index is 626. The topological polar surface area (TPSA) is 110 Å². The number of primary amides is 1. The summed E-state index contributed by atoms with van der Waals surface area (Å²) in [7, 11) is -3.88. The number of hydrogen-bond donors (Lipinski definition) is 2. The van der Waals surface area contributed by atoms with Gasteiger partial charge in [-0.05, 0) is 5.56 Å². The highest BCUT2D eigenvalue weighted by Crippen LogP contribution is 2.40. The van der Waals surface area contributed by atoms with Crippen molar-refractivity contribution in [3.8, 4) is 0 Å². The Kier molecular flexibility index (Phi) is 3.09. The van der Waals surface area contributed by atoms with E-state index < -0.39 is 32.5 Å². The van der Waals surface area contributed by atoms with Gasteiger partial charge in [-0.15, -0.1) is 0 Å². The molecule has 0 spiro atoms. The quantitative estimate of drug-likeness (QED) is 0.835. The van der Waals surface area contributed by atoms with E-state index in [4.69, 9.17) is 15.9 Å². The Morgan fingerprint density at radius 2 is 2.00 bits per heavy atom. The summed E-state index contributed by atoms with van der Waals surface area (Å²) in [6, 6.07) is 8.84. The second-order valence-corrected chi connectivity index (χ2v) is 6.76. The molecule has 19 heavy (non-hydrogen) atoms. The van der Waals surface area contributed by atoms with Gasteiger partial charge in [0.15, 0.2) is 9.84 Å². The lowest BCUT2D eigenvalue weighted by atomic mass is 9.98. The minimum absolute atomic E-state index is 0.163. The first-order valence-corrected chi connectivity index (χ1v) is 7.48. The molecule has 0 aliphatic carbocycles. The summed E-state index contributed by atoms with van der Waals surface area (Å²) in [5.74, 6) is -1.67. The van der Waals surface area contributed by atoms with Gasteiger partial charge in [-0.25, -0.2) is 8.42 Å². The maximum Gasteiger partial charge on any atom is 0.248 e. The third-order valence-electron chi connectivity index (χ3n) is 3.30. The zero-order valence-electron chi connectivity index (χ0n) is 10.3. The molecular formula is C12H14N2O4S. The van der Waals surface area contributed by atoms with Crippen LogP contribution in [0.2, 0.25) is 0 Å². The highest BCUT2D eigenvalue weighted by atomic mass is 32.2. The monoisotopic (exact) mass is 282 g/mol. The normalized spacial score (nSPS) is 27.0. The summed E-state index contributed by atoms with van der Waals surface area (Å²) in [5, 5.41) is 7.72. The van der Waals surface area contributed by atoms with Crippen molar-refractivity contribution in [1.82, 2.24) is 0 Å². The molecule has 1 saturated heterocycles. The lowest BCUT2D eigenvalue weighted by Gasteiger charge is -2.19. The zero-order valence-corrected chi connectivity index (χ0v) is 11.1. The molecule has 102 valence electrons. The number of amides is 1. The van der Waals surface area contributed by atoms with Gasteiger partial charge in [0.25, 0.3) is 0 Å². The molecule has 1 aromatic carbocycles. The summed E-state index contributed by atoms with van der Waals surface area (Å²) < 4.78 is 26.9. The van der Waals surface area contributed by atoms with Crippen LogP contribution in [-0.4, -0.2) is 31.2 Å². The van der Waals surface area contributed by atoms with E-state index in [9.17, 15) is 13.2 Å². The lowest BCUT2D eigenvalue weighted by molar-refractivity contribution is -0.118. The van der Waals surface area contributed by atoms with Crippen LogP contribution in [0.1, 0.15) is 18.1 Å². The van der Waals surface area contributed by atoms with Gasteiger partial charge in [0, 0.05) is 12.7 Å². The number of carbonyl (C=O) groups excluding carboxylic acids is 1. The highest BCUT2D eigenvalue weighted by Gasteiger charge is 2.59. The number of rotatable bonds is 3. The number of nitrogens with two attached hydrogens (primary N) is 1. The maximum atomic E-state index is 11.9. The zero-order chi connectivity index (χ0) is 14.3. The number of nitrogens with one attached hydrogen (secondary N) is 1. The standard InChI is InChI=1S/C12H14N2O4S/c1-19(16,17)12(10(13)15)7-9(18-11(12)14)8-5-3-2-4-6-8/h2-6,9,14H,7H2,1H3,(H2,13,15). The van der Waals surface area contributed by atoms with E-state index in [1.165, 1.54) is 0 Å². The SMILES string of the molecule is CS(=O)(=O)C1(C(N)=O)CC(c2ccccc2)OC1=N. The van der Waals surface area contributed by atoms with Crippen molar-refractivity contribution in [2.75, 3.05) is 6.26 Å². The van der Waals surface area contributed by atoms with E-state index in [2.05, 4.69) is 0 Å². The Labute approximate surface area is 111 Å². The fourth-order valence-electron chi connectivity index (χ4n) is 2.20. The summed E-state index contributed by atoms with van der Waals surface area (Å²) in [6.07, 6.45) is 0.0727. The molecule has 1 aromatic rings. The summed E-state index contributed by atoms with van der Waals surface area (Å²) in [4.78, 5) is 11.6. The Morgan fingerprint density at radius 3 is 2.42 bits per heavy atom. The molecule has 0 aromatic heterocycles. The van der Waals surface area contributed by atoms with Crippen LogP contribution in [0.15, 0.2) is 30.3 Å². The third kappa shape index (κ3) is 1.99. The van der Waals surface area contributed by atoms with Gasteiger partial charge in [0.1, 0.15) is 6.10 Å². The van der Waals surface area contributed by atoms with Gasteiger partial charge in [-0.2, -0.15) is 0 Å². The molecular weight excluding hydrogens is 268 g/mol. The highest BCUT2D eigenvalue weighted by molar-refractivity contribution is 7.93. The first-order chi connectivity index (χ1) is 8.79. The molecule has 1 fully saturated rings. The van der Waals surface area contributed by atoms with E-state index in [0.29, 0.717) is 5.56 Å². The van der Waals surface area contributed by atoms with Crippen LogP contribution >= 0.6 is 0 Å². The molecule has 2 atom stereocenters. The molecule has 3 N–H and O–H groups in total. The smallest absolute Gasteiger partial charge is 0.248 e. The summed E-state index contributed by atoms with van der Waals surface area (Å²) >= 11 is 0. The average Bonchev–Trinajstić information content (AvgIpc) is 2.69. The molecule has 0 radical (unpaired) electrons. The Morgan fingerprint density at radius 1 is 1.42 bits per heavy atom. The molecule has 0 saturated carbocycles. The lowest BCUT2D eigenvalue weighted by Crippen LogP contribution is -2.53. The van der Waals surface area contributed by atoms with E-state index in [-0.39, 0.29) is 6.42 Å². The number of sulfone groups is 1. The van der Waals surface area contributed by atoms with Crippen LogP contribution in [0.3, 0.4) is 0 Å². The van der Waals surface area contributed by atoms with Crippen molar-refractivity contribution >= 4 is 21.6 Å². The predicted molar refractivity (Wildman–Crippen MR) is 69.4 cm³/mol. The van der Waals surface area contributed by atoms with E-state index in [1.807, 2.05) is 6.07 Å². The van der Waals surface area contributed by atoms with Crippen LogP contribution in [-0.2, 0) is 19.4 Å². The summed E-state index contributed by atoms with van der Waals surface area (Å²) in [5.41, 5.74) is 5.92. The van der Waals surface area contributed by atoms with Crippen molar-refractivity contribution < 1.29 is 17.9 Å². The third-order valence-corrected chi connectivity index (χ3v) is 5.12. The van der Waals surface area contributed by atoms with Gasteiger partial charge < -0.3 is 10.5 Å². The molecule has 2 rings (SSSR count). The predicted octanol–water partition coefficient (Wildman–Crippen LogP) is 0.394. The molecule has 1 heterocycles. The van der Waals surface area contributed by atoms with Crippen molar-refractivity contribution in [3.05, 3.63) is 35.9 Å². The van der Waals surface area contributed by atoms with Crippen LogP contribution in [0, 0.1) is 5.41 Å². The van der Waals surface area contributed by atoms with Gasteiger partial charge in [-0.3, -0.25) is 10.2 Å².